The van der Waals surface area contributed by atoms with Crippen LogP contribution in [0.15, 0.2) is 65.0 Å². The molecule has 3 nitrogen and oxygen atoms in total. The Morgan fingerprint density at radius 2 is 1.59 bits per heavy atom. The second kappa shape index (κ2) is 6.77. The fourth-order valence-corrected chi connectivity index (χ4v) is 3.98. The summed E-state index contributed by atoms with van der Waals surface area (Å²) in [5, 5.41) is 0. The fourth-order valence-electron chi connectivity index (χ4n) is 2.07. The molecule has 0 spiro atoms. The van der Waals surface area contributed by atoms with Gasteiger partial charge in [-0.15, -0.1) is 11.3 Å². The molecular formula is C17H14N2OS2. The fraction of sp³-hybridized carbons (Fsp3) is 0.0588. The van der Waals surface area contributed by atoms with Crippen LogP contribution in [0.1, 0.15) is 0 Å². The van der Waals surface area contributed by atoms with Gasteiger partial charge in [0, 0.05) is 5.56 Å². The van der Waals surface area contributed by atoms with Gasteiger partial charge in [-0.3, -0.25) is 4.79 Å². The zero-order valence-electron chi connectivity index (χ0n) is 11.7. The van der Waals surface area contributed by atoms with Crippen LogP contribution in [-0.4, -0.2) is 16.6 Å². The molecule has 1 amide bonds. The van der Waals surface area contributed by atoms with Crippen LogP contribution in [0.2, 0.25) is 0 Å². The molecule has 5 heteroatoms. The number of nitrogens with two attached hydrogens (primary N) is 1. The molecular weight excluding hydrogens is 312 g/mol. The van der Waals surface area contributed by atoms with E-state index in [1.165, 1.54) is 11.8 Å². The highest BCUT2D eigenvalue weighted by atomic mass is 32.2. The van der Waals surface area contributed by atoms with Gasteiger partial charge >= 0.3 is 0 Å². The summed E-state index contributed by atoms with van der Waals surface area (Å²) in [6.45, 7) is 0. The summed E-state index contributed by atoms with van der Waals surface area (Å²) in [4.78, 5) is 16.8. The number of thiazole rings is 1. The van der Waals surface area contributed by atoms with Crippen molar-refractivity contribution in [1.82, 2.24) is 4.98 Å². The van der Waals surface area contributed by atoms with Crippen LogP contribution >= 0.6 is 23.1 Å². The predicted octanol–water partition coefficient (Wildman–Crippen LogP) is 4.05. The van der Waals surface area contributed by atoms with Crippen molar-refractivity contribution in [2.24, 2.45) is 5.73 Å². The summed E-state index contributed by atoms with van der Waals surface area (Å²) >= 11 is 2.98. The molecule has 1 aromatic heterocycles. The zero-order chi connectivity index (χ0) is 15.4. The Hall–Kier alpha value is -2.11. The quantitative estimate of drug-likeness (QED) is 0.720. The lowest BCUT2D eigenvalue weighted by Crippen LogP contribution is -2.12. The minimum absolute atomic E-state index is 0.246. The highest BCUT2D eigenvalue weighted by Crippen LogP contribution is 2.39. The average Bonchev–Trinajstić information content (AvgIpc) is 2.99. The van der Waals surface area contributed by atoms with Crippen LogP contribution in [0.3, 0.4) is 0 Å². The van der Waals surface area contributed by atoms with E-state index in [0.29, 0.717) is 0 Å². The van der Waals surface area contributed by atoms with E-state index in [9.17, 15) is 4.79 Å². The third-order valence-corrected chi connectivity index (χ3v) is 5.30. The van der Waals surface area contributed by atoms with Gasteiger partial charge in [0.05, 0.1) is 16.3 Å². The lowest BCUT2D eigenvalue weighted by molar-refractivity contribution is -0.115. The maximum atomic E-state index is 11.0. The summed E-state index contributed by atoms with van der Waals surface area (Å²) in [6.07, 6.45) is 0. The maximum absolute atomic E-state index is 11.0. The van der Waals surface area contributed by atoms with Gasteiger partial charge in [-0.1, -0.05) is 72.4 Å². The molecule has 0 atom stereocenters. The molecule has 3 rings (SSSR count). The second-order valence-electron chi connectivity index (χ2n) is 4.64. The normalized spacial score (nSPS) is 10.5. The number of hydrogen-bond acceptors (Lipinski definition) is 4. The molecule has 0 aliphatic carbocycles. The van der Waals surface area contributed by atoms with E-state index < -0.39 is 0 Å². The van der Waals surface area contributed by atoms with E-state index in [4.69, 9.17) is 10.7 Å². The first-order chi connectivity index (χ1) is 10.7. The first-order valence-corrected chi connectivity index (χ1v) is 8.57. The van der Waals surface area contributed by atoms with Gasteiger partial charge in [0.15, 0.2) is 4.34 Å². The molecule has 22 heavy (non-hydrogen) atoms. The Bertz CT molecular complexity index is 713. The van der Waals surface area contributed by atoms with E-state index in [0.717, 1.165) is 26.0 Å². The number of primary amides is 1. The standard InChI is InChI=1S/C17H14N2OS2/c18-14(20)11-21-17-19-15(12-7-3-1-4-8-12)16(22-17)13-9-5-2-6-10-13/h1-10H,11H2,(H2,18,20). The Balaban J connectivity index is 2.04. The Kier molecular flexibility index (Phi) is 4.56. The van der Waals surface area contributed by atoms with Crippen molar-refractivity contribution in [2.75, 3.05) is 5.75 Å². The number of carbonyl (C=O) groups excluding carboxylic acids is 1. The number of aromatic nitrogens is 1. The second-order valence-corrected chi connectivity index (χ2v) is 6.87. The number of carbonyl (C=O) groups is 1. The van der Waals surface area contributed by atoms with E-state index in [-0.39, 0.29) is 11.7 Å². The minimum Gasteiger partial charge on any atom is -0.369 e. The van der Waals surface area contributed by atoms with Gasteiger partial charge in [0.25, 0.3) is 0 Å². The van der Waals surface area contributed by atoms with Gasteiger partial charge in [-0.2, -0.15) is 0 Å². The minimum atomic E-state index is -0.331. The molecule has 0 saturated heterocycles. The summed E-state index contributed by atoms with van der Waals surface area (Å²) < 4.78 is 0.858. The van der Waals surface area contributed by atoms with Crippen LogP contribution in [0, 0.1) is 0 Å². The van der Waals surface area contributed by atoms with E-state index >= 15 is 0 Å². The molecule has 0 aliphatic rings. The molecule has 110 valence electrons. The van der Waals surface area contributed by atoms with Crippen LogP contribution in [0.4, 0.5) is 0 Å². The Morgan fingerprint density at radius 3 is 2.18 bits per heavy atom. The third-order valence-electron chi connectivity index (χ3n) is 3.03. The predicted molar refractivity (Wildman–Crippen MR) is 92.9 cm³/mol. The molecule has 2 N–H and O–H groups in total. The van der Waals surface area contributed by atoms with Crippen molar-refractivity contribution in [3.05, 3.63) is 60.7 Å². The molecule has 0 radical (unpaired) electrons. The highest BCUT2D eigenvalue weighted by molar-refractivity contribution is 8.01. The monoisotopic (exact) mass is 326 g/mol. The summed E-state index contributed by atoms with van der Waals surface area (Å²) in [7, 11) is 0. The SMILES string of the molecule is NC(=O)CSc1nc(-c2ccccc2)c(-c2ccccc2)s1. The molecule has 2 aromatic carbocycles. The molecule has 0 unspecified atom stereocenters. The maximum Gasteiger partial charge on any atom is 0.227 e. The van der Waals surface area contributed by atoms with Gasteiger partial charge < -0.3 is 5.73 Å². The van der Waals surface area contributed by atoms with Gasteiger partial charge in [0.1, 0.15) is 0 Å². The highest BCUT2D eigenvalue weighted by Gasteiger charge is 2.15. The zero-order valence-corrected chi connectivity index (χ0v) is 13.4. The van der Waals surface area contributed by atoms with E-state index in [1.54, 1.807) is 11.3 Å². The molecule has 3 aromatic rings. The van der Waals surface area contributed by atoms with Crippen molar-refractivity contribution >= 4 is 29.0 Å². The smallest absolute Gasteiger partial charge is 0.227 e. The van der Waals surface area contributed by atoms with Crippen LogP contribution in [-0.2, 0) is 4.79 Å². The first-order valence-electron chi connectivity index (χ1n) is 6.77. The number of benzene rings is 2. The van der Waals surface area contributed by atoms with Crippen molar-refractivity contribution in [1.29, 1.82) is 0 Å². The van der Waals surface area contributed by atoms with E-state index in [2.05, 4.69) is 12.1 Å². The molecule has 0 fully saturated rings. The molecule has 0 saturated carbocycles. The Morgan fingerprint density at radius 1 is 1.00 bits per heavy atom. The summed E-state index contributed by atoms with van der Waals surface area (Å²) in [6, 6.07) is 20.2. The topological polar surface area (TPSA) is 56.0 Å². The molecule has 1 heterocycles. The largest absolute Gasteiger partial charge is 0.369 e. The van der Waals surface area contributed by atoms with Crippen molar-refractivity contribution in [2.45, 2.75) is 4.34 Å². The van der Waals surface area contributed by atoms with E-state index in [1.807, 2.05) is 48.5 Å². The van der Waals surface area contributed by atoms with Crippen LogP contribution in [0.5, 0.6) is 0 Å². The molecule has 0 aliphatic heterocycles. The number of hydrogen-bond donors (Lipinski definition) is 1. The first kappa shape index (κ1) is 14.8. The van der Waals surface area contributed by atoms with Crippen molar-refractivity contribution in [3.8, 4) is 21.7 Å². The Labute approximate surface area is 137 Å². The molecule has 0 bridgehead atoms. The van der Waals surface area contributed by atoms with Crippen LogP contribution < -0.4 is 5.73 Å². The van der Waals surface area contributed by atoms with Gasteiger partial charge in [-0.25, -0.2) is 4.98 Å². The number of thioether (sulfide) groups is 1. The van der Waals surface area contributed by atoms with Gasteiger partial charge in [-0.05, 0) is 5.56 Å². The van der Waals surface area contributed by atoms with Crippen LogP contribution in [0.25, 0.3) is 21.7 Å². The number of nitrogens with zero attached hydrogens (tertiary/aromatic N) is 1. The number of amides is 1. The lowest BCUT2D eigenvalue weighted by atomic mass is 10.1. The summed E-state index contributed by atoms with van der Waals surface area (Å²) in [5.74, 6) is -0.0848. The van der Waals surface area contributed by atoms with Crippen molar-refractivity contribution < 1.29 is 4.79 Å². The number of rotatable bonds is 5. The lowest BCUT2D eigenvalue weighted by Gasteiger charge is -2.02. The summed E-state index contributed by atoms with van der Waals surface area (Å²) in [5.41, 5.74) is 8.37. The van der Waals surface area contributed by atoms with Gasteiger partial charge in [0.2, 0.25) is 5.91 Å². The average molecular weight is 326 g/mol. The van der Waals surface area contributed by atoms with Crippen molar-refractivity contribution in [3.63, 3.8) is 0 Å². The third kappa shape index (κ3) is 3.37.